The van der Waals surface area contributed by atoms with Gasteiger partial charge in [-0.1, -0.05) is 30.6 Å². The number of nitrogens with zero attached hydrogens (tertiary/aromatic N) is 1. The third-order valence-electron chi connectivity index (χ3n) is 8.84. The van der Waals surface area contributed by atoms with Gasteiger partial charge in [-0.2, -0.15) is 0 Å². The predicted octanol–water partition coefficient (Wildman–Crippen LogP) is 6.29. The van der Waals surface area contributed by atoms with Crippen LogP contribution in [-0.2, 0) is 4.79 Å². The first kappa shape index (κ1) is 20.6. The fourth-order valence-corrected chi connectivity index (χ4v) is 7.39. The predicted molar refractivity (Wildman–Crippen MR) is 128 cm³/mol. The van der Waals surface area contributed by atoms with Gasteiger partial charge in [-0.25, -0.2) is 0 Å². The van der Waals surface area contributed by atoms with E-state index < -0.39 is 0 Å². The summed E-state index contributed by atoms with van der Waals surface area (Å²) in [4.78, 5) is 14.4. The Labute approximate surface area is 187 Å². The molecule has 1 aromatic carbocycles. The van der Waals surface area contributed by atoms with Crippen molar-refractivity contribution in [2.75, 3.05) is 19.0 Å². The van der Waals surface area contributed by atoms with Crippen LogP contribution in [0.15, 0.2) is 47.1 Å². The van der Waals surface area contributed by atoms with Crippen LogP contribution in [0.4, 0.5) is 5.69 Å². The zero-order chi connectivity index (χ0) is 21.8. The molecule has 0 aliphatic heterocycles. The Morgan fingerprint density at radius 2 is 1.94 bits per heavy atom. The van der Waals surface area contributed by atoms with E-state index in [2.05, 4.69) is 62.0 Å². The lowest BCUT2D eigenvalue weighted by Gasteiger charge is -2.52. The Kier molecular flexibility index (Phi) is 5.12. The molecule has 2 saturated carbocycles. The standard InChI is InChI=1S/C29H35NO/c1-5-7-21-11-15-27-25-13-10-20-17-23(31)12-14-24(20)28(25)26(18-29(21,27)2)19-8-6-9-22(16-19)30(3)4/h6,8-9,16-17,21,25-27H,10-15,18H2,1-4H3/t21-,25+,26-,27+,29-/m1/s1. The number of anilines is 1. The lowest BCUT2D eigenvalue weighted by molar-refractivity contribution is -0.114. The molecular formula is C29H35NO. The van der Waals surface area contributed by atoms with Crippen molar-refractivity contribution in [1.29, 1.82) is 0 Å². The van der Waals surface area contributed by atoms with Gasteiger partial charge in [0.25, 0.3) is 0 Å². The highest BCUT2D eigenvalue weighted by molar-refractivity contribution is 5.93. The lowest BCUT2D eigenvalue weighted by atomic mass is 9.52. The van der Waals surface area contributed by atoms with Crippen molar-refractivity contribution in [3.63, 3.8) is 0 Å². The molecule has 0 unspecified atom stereocenters. The second kappa shape index (κ2) is 7.70. The smallest absolute Gasteiger partial charge is 0.156 e. The van der Waals surface area contributed by atoms with Crippen LogP contribution in [-0.4, -0.2) is 19.9 Å². The normalized spacial score (nSPS) is 34.2. The highest BCUT2D eigenvalue weighted by Gasteiger charge is 2.56. The first-order chi connectivity index (χ1) is 14.9. The molecule has 31 heavy (non-hydrogen) atoms. The molecule has 0 bridgehead atoms. The van der Waals surface area contributed by atoms with Gasteiger partial charge in [-0.15, -0.1) is 5.92 Å². The van der Waals surface area contributed by atoms with Crippen LogP contribution in [0.3, 0.4) is 0 Å². The Morgan fingerprint density at radius 3 is 2.71 bits per heavy atom. The zero-order valence-electron chi connectivity index (χ0n) is 19.5. The average molecular weight is 414 g/mol. The SMILES string of the molecule is CC#C[C@@H]1CC[C@H]2[C@@H]3CCC4=CC(=O)CCC4=C3[C@@H](c3cccc(N(C)C)c3)C[C@]12C. The van der Waals surface area contributed by atoms with Gasteiger partial charge in [0, 0.05) is 38.0 Å². The fraction of sp³-hybridized carbons (Fsp3) is 0.552. The molecule has 0 aromatic heterocycles. The molecule has 4 aliphatic carbocycles. The molecule has 0 spiro atoms. The Balaban J connectivity index is 1.68. The minimum atomic E-state index is 0.280. The summed E-state index contributed by atoms with van der Waals surface area (Å²) in [5, 5.41) is 0. The highest BCUT2D eigenvalue weighted by Crippen LogP contribution is 2.65. The van der Waals surface area contributed by atoms with Gasteiger partial charge in [0.15, 0.2) is 5.78 Å². The van der Waals surface area contributed by atoms with Crippen LogP contribution in [0.2, 0.25) is 0 Å². The van der Waals surface area contributed by atoms with Crippen molar-refractivity contribution >= 4 is 11.5 Å². The molecule has 5 atom stereocenters. The summed E-state index contributed by atoms with van der Waals surface area (Å²) in [6.07, 6.45) is 9.62. The van der Waals surface area contributed by atoms with E-state index in [0.717, 1.165) is 18.8 Å². The quantitative estimate of drug-likeness (QED) is 0.531. The number of carbonyl (C=O) groups is 1. The van der Waals surface area contributed by atoms with Crippen LogP contribution in [0.5, 0.6) is 0 Å². The maximum atomic E-state index is 12.2. The summed E-state index contributed by atoms with van der Waals surface area (Å²) >= 11 is 0. The van der Waals surface area contributed by atoms with E-state index >= 15 is 0 Å². The maximum Gasteiger partial charge on any atom is 0.156 e. The van der Waals surface area contributed by atoms with Crippen molar-refractivity contribution in [3.8, 4) is 11.8 Å². The first-order valence-corrected chi connectivity index (χ1v) is 12.1. The molecule has 2 fully saturated rings. The van der Waals surface area contributed by atoms with Crippen molar-refractivity contribution in [1.82, 2.24) is 0 Å². The summed E-state index contributed by atoms with van der Waals surface area (Å²) < 4.78 is 0. The fourth-order valence-electron chi connectivity index (χ4n) is 7.39. The van der Waals surface area contributed by atoms with Crippen molar-refractivity contribution in [2.45, 2.75) is 64.7 Å². The van der Waals surface area contributed by atoms with E-state index in [0.29, 0.717) is 30.0 Å². The zero-order valence-corrected chi connectivity index (χ0v) is 19.5. The average Bonchev–Trinajstić information content (AvgIpc) is 3.09. The van der Waals surface area contributed by atoms with Crippen molar-refractivity contribution in [3.05, 3.63) is 52.6 Å². The van der Waals surface area contributed by atoms with Gasteiger partial charge >= 0.3 is 0 Å². The molecule has 162 valence electrons. The van der Waals surface area contributed by atoms with E-state index in [-0.39, 0.29) is 5.41 Å². The third kappa shape index (κ3) is 3.29. The van der Waals surface area contributed by atoms with E-state index in [1.54, 1.807) is 11.1 Å². The molecule has 4 aliphatic rings. The Bertz CT molecular complexity index is 1030. The number of rotatable bonds is 2. The van der Waals surface area contributed by atoms with E-state index in [9.17, 15) is 4.79 Å². The summed E-state index contributed by atoms with van der Waals surface area (Å²) in [6.45, 7) is 4.54. The van der Waals surface area contributed by atoms with Crippen molar-refractivity contribution < 1.29 is 4.79 Å². The highest BCUT2D eigenvalue weighted by atomic mass is 16.1. The molecule has 0 radical (unpaired) electrons. The number of allylic oxidation sites excluding steroid dienone is 4. The van der Waals surface area contributed by atoms with Gasteiger partial charge in [-0.05, 0) is 97.6 Å². The monoisotopic (exact) mass is 413 g/mol. The van der Waals surface area contributed by atoms with Crippen molar-refractivity contribution in [2.24, 2.45) is 23.2 Å². The van der Waals surface area contributed by atoms with E-state index in [1.165, 1.54) is 42.5 Å². The minimum absolute atomic E-state index is 0.280. The molecule has 2 heteroatoms. The lowest BCUT2D eigenvalue weighted by Crippen LogP contribution is -2.43. The largest absolute Gasteiger partial charge is 0.378 e. The number of carbonyl (C=O) groups excluding carboxylic acids is 1. The Hall–Kier alpha value is -2.27. The second-order valence-electron chi connectivity index (χ2n) is 10.6. The summed E-state index contributed by atoms with van der Waals surface area (Å²) in [5.74, 6) is 9.52. The number of hydrogen-bond donors (Lipinski definition) is 0. The number of hydrogen-bond acceptors (Lipinski definition) is 2. The first-order valence-electron chi connectivity index (χ1n) is 12.1. The van der Waals surface area contributed by atoms with Gasteiger partial charge in [0.05, 0.1) is 0 Å². The van der Waals surface area contributed by atoms with Crippen LogP contribution in [0.1, 0.15) is 70.3 Å². The van der Waals surface area contributed by atoms with Crippen LogP contribution >= 0.6 is 0 Å². The molecule has 0 N–H and O–H groups in total. The molecular weight excluding hydrogens is 378 g/mol. The molecule has 0 heterocycles. The maximum absolute atomic E-state index is 12.2. The Morgan fingerprint density at radius 1 is 1.10 bits per heavy atom. The second-order valence-corrected chi connectivity index (χ2v) is 10.6. The number of ketones is 1. The number of fused-ring (bicyclic) bond motifs is 4. The molecule has 2 nitrogen and oxygen atoms in total. The minimum Gasteiger partial charge on any atom is -0.378 e. The third-order valence-corrected chi connectivity index (χ3v) is 8.84. The number of benzene rings is 1. The van der Waals surface area contributed by atoms with Crippen LogP contribution < -0.4 is 4.90 Å². The molecule has 0 saturated heterocycles. The molecule has 0 amide bonds. The summed E-state index contributed by atoms with van der Waals surface area (Å²) in [7, 11) is 4.25. The van der Waals surface area contributed by atoms with Gasteiger partial charge < -0.3 is 4.90 Å². The van der Waals surface area contributed by atoms with Crippen LogP contribution in [0.25, 0.3) is 0 Å². The molecule has 1 aromatic rings. The topological polar surface area (TPSA) is 20.3 Å². The molecule has 5 rings (SSSR count). The van der Waals surface area contributed by atoms with Gasteiger partial charge in [-0.3, -0.25) is 4.79 Å². The van der Waals surface area contributed by atoms with E-state index in [4.69, 9.17) is 0 Å². The summed E-state index contributed by atoms with van der Waals surface area (Å²) in [6, 6.07) is 9.17. The van der Waals surface area contributed by atoms with Gasteiger partial charge in [0.2, 0.25) is 0 Å². The van der Waals surface area contributed by atoms with Gasteiger partial charge in [0.1, 0.15) is 0 Å². The van der Waals surface area contributed by atoms with E-state index in [1.807, 2.05) is 13.0 Å². The van der Waals surface area contributed by atoms with Crippen LogP contribution in [0, 0.1) is 35.0 Å². The summed E-state index contributed by atoms with van der Waals surface area (Å²) in [5.41, 5.74) is 7.59.